The van der Waals surface area contributed by atoms with E-state index in [1.54, 1.807) is 13.8 Å². The molecular weight excluding hydrogens is 176 g/mol. The molecule has 0 aliphatic carbocycles. The minimum Gasteiger partial charge on any atom is -0.481 e. The van der Waals surface area contributed by atoms with Crippen LogP contribution in [0.15, 0.2) is 0 Å². The SMILES string of the molecule is COC(=O)[C@H](O)[C@@H](C(=O)O)C(C)C. The van der Waals surface area contributed by atoms with Gasteiger partial charge < -0.3 is 14.9 Å². The van der Waals surface area contributed by atoms with Crippen LogP contribution >= 0.6 is 0 Å². The fraction of sp³-hybridized carbons (Fsp3) is 0.750. The van der Waals surface area contributed by atoms with Gasteiger partial charge in [0.15, 0.2) is 6.10 Å². The van der Waals surface area contributed by atoms with Gasteiger partial charge in [0.1, 0.15) is 0 Å². The molecule has 0 radical (unpaired) electrons. The molecule has 2 atom stereocenters. The smallest absolute Gasteiger partial charge is 0.335 e. The Morgan fingerprint density at radius 1 is 1.31 bits per heavy atom. The summed E-state index contributed by atoms with van der Waals surface area (Å²) in [5.74, 6) is -3.56. The van der Waals surface area contributed by atoms with Gasteiger partial charge >= 0.3 is 11.9 Å². The number of ether oxygens (including phenoxy) is 1. The molecule has 0 fully saturated rings. The third kappa shape index (κ3) is 3.02. The Morgan fingerprint density at radius 2 is 1.77 bits per heavy atom. The van der Waals surface area contributed by atoms with Crippen molar-refractivity contribution in [3.63, 3.8) is 0 Å². The number of esters is 1. The van der Waals surface area contributed by atoms with Crippen molar-refractivity contribution < 1.29 is 24.5 Å². The summed E-state index contributed by atoms with van der Waals surface area (Å²) in [7, 11) is 1.10. The maximum atomic E-state index is 10.8. The minimum absolute atomic E-state index is 0.327. The number of carboxylic acids is 1. The van der Waals surface area contributed by atoms with E-state index >= 15 is 0 Å². The summed E-state index contributed by atoms with van der Waals surface area (Å²) in [5, 5.41) is 18.0. The van der Waals surface area contributed by atoms with Crippen molar-refractivity contribution in [3.8, 4) is 0 Å². The number of carbonyl (C=O) groups excluding carboxylic acids is 1. The van der Waals surface area contributed by atoms with Crippen LogP contribution in [0.2, 0.25) is 0 Å². The molecular formula is C8H14O5. The van der Waals surface area contributed by atoms with Gasteiger partial charge in [0.2, 0.25) is 0 Å². The second-order valence-electron chi connectivity index (χ2n) is 3.08. The molecule has 0 aliphatic heterocycles. The van der Waals surface area contributed by atoms with E-state index < -0.39 is 24.0 Å². The molecule has 0 aromatic rings. The monoisotopic (exact) mass is 190 g/mol. The first-order chi connectivity index (χ1) is 5.91. The number of aliphatic hydroxyl groups excluding tert-OH is 1. The Balaban J connectivity index is 4.55. The lowest BCUT2D eigenvalue weighted by Gasteiger charge is -2.19. The average molecular weight is 190 g/mol. The zero-order valence-electron chi connectivity index (χ0n) is 7.85. The van der Waals surface area contributed by atoms with Crippen molar-refractivity contribution in [1.29, 1.82) is 0 Å². The molecule has 76 valence electrons. The molecule has 5 heteroatoms. The van der Waals surface area contributed by atoms with Gasteiger partial charge in [-0.1, -0.05) is 13.8 Å². The maximum absolute atomic E-state index is 10.8. The number of aliphatic carboxylic acids is 1. The molecule has 0 heterocycles. The third-order valence-corrected chi connectivity index (χ3v) is 1.79. The lowest BCUT2D eigenvalue weighted by Crippen LogP contribution is -2.38. The Bertz CT molecular complexity index is 199. The molecule has 0 aliphatic rings. The van der Waals surface area contributed by atoms with Gasteiger partial charge in [0, 0.05) is 0 Å². The fourth-order valence-electron chi connectivity index (χ4n) is 1.05. The summed E-state index contributed by atoms with van der Waals surface area (Å²) in [6.45, 7) is 3.23. The first-order valence-electron chi connectivity index (χ1n) is 3.90. The quantitative estimate of drug-likeness (QED) is 0.603. The van der Waals surface area contributed by atoms with Gasteiger partial charge in [-0.2, -0.15) is 0 Å². The highest BCUT2D eigenvalue weighted by Gasteiger charge is 2.35. The van der Waals surface area contributed by atoms with E-state index in [1.807, 2.05) is 0 Å². The minimum atomic E-state index is -1.59. The molecule has 0 spiro atoms. The highest BCUT2D eigenvalue weighted by Crippen LogP contribution is 2.16. The summed E-state index contributed by atoms with van der Waals surface area (Å²) < 4.78 is 4.24. The van der Waals surface area contributed by atoms with Crippen LogP contribution in [0.25, 0.3) is 0 Å². The average Bonchev–Trinajstić information content (AvgIpc) is 2.01. The van der Waals surface area contributed by atoms with E-state index in [1.165, 1.54) is 0 Å². The summed E-state index contributed by atoms with van der Waals surface area (Å²) >= 11 is 0. The van der Waals surface area contributed by atoms with Crippen LogP contribution < -0.4 is 0 Å². The number of aliphatic hydroxyl groups is 1. The van der Waals surface area contributed by atoms with Crippen LogP contribution in [0.1, 0.15) is 13.8 Å². The number of hydrogen-bond acceptors (Lipinski definition) is 4. The highest BCUT2D eigenvalue weighted by molar-refractivity contribution is 5.82. The molecule has 0 amide bonds. The Kier molecular flexibility index (Phi) is 4.40. The summed E-state index contributed by atoms with van der Waals surface area (Å²) in [5.41, 5.74) is 0. The molecule has 2 N–H and O–H groups in total. The molecule has 0 aromatic heterocycles. The van der Waals surface area contributed by atoms with E-state index in [0.29, 0.717) is 0 Å². The van der Waals surface area contributed by atoms with Gasteiger partial charge in [0.05, 0.1) is 13.0 Å². The van der Waals surface area contributed by atoms with Gasteiger partial charge in [-0.05, 0) is 5.92 Å². The van der Waals surface area contributed by atoms with Gasteiger partial charge in [-0.3, -0.25) is 4.79 Å². The molecule has 0 saturated carbocycles. The predicted octanol–water partition coefficient (Wildman–Crippen LogP) is -0.123. The summed E-state index contributed by atoms with van der Waals surface area (Å²) in [6.07, 6.45) is -1.59. The highest BCUT2D eigenvalue weighted by atomic mass is 16.5. The van der Waals surface area contributed by atoms with Crippen molar-refractivity contribution in [2.24, 2.45) is 11.8 Å². The van der Waals surface area contributed by atoms with Crippen molar-refractivity contribution >= 4 is 11.9 Å². The van der Waals surface area contributed by atoms with Gasteiger partial charge in [-0.25, -0.2) is 4.79 Å². The van der Waals surface area contributed by atoms with E-state index in [2.05, 4.69) is 4.74 Å². The summed E-state index contributed by atoms with van der Waals surface area (Å²) in [6, 6.07) is 0. The molecule has 5 nitrogen and oxygen atoms in total. The molecule has 0 unspecified atom stereocenters. The Labute approximate surface area is 76.3 Å². The number of hydrogen-bond donors (Lipinski definition) is 2. The van der Waals surface area contributed by atoms with E-state index in [-0.39, 0.29) is 5.92 Å². The molecule has 0 saturated heterocycles. The second-order valence-corrected chi connectivity index (χ2v) is 3.08. The second kappa shape index (κ2) is 4.81. The van der Waals surface area contributed by atoms with Crippen molar-refractivity contribution in [1.82, 2.24) is 0 Å². The molecule has 0 aromatic carbocycles. The van der Waals surface area contributed by atoms with Crippen LogP contribution in [-0.4, -0.2) is 35.4 Å². The van der Waals surface area contributed by atoms with E-state index in [0.717, 1.165) is 7.11 Å². The van der Waals surface area contributed by atoms with Crippen LogP contribution in [0.5, 0.6) is 0 Å². The molecule has 13 heavy (non-hydrogen) atoms. The Hall–Kier alpha value is -1.10. The summed E-state index contributed by atoms with van der Waals surface area (Å²) in [4.78, 5) is 21.5. The number of carboxylic acid groups (broad SMARTS) is 1. The standard InChI is InChI=1S/C8H14O5/c1-4(2)5(7(10)11)6(9)8(12)13-3/h4-6,9H,1-3H3,(H,10,11)/t5-,6+/m0/s1. The topological polar surface area (TPSA) is 83.8 Å². The molecule has 0 bridgehead atoms. The van der Waals surface area contributed by atoms with Crippen LogP contribution in [-0.2, 0) is 14.3 Å². The normalized spacial score (nSPS) is 15.2. The fourth-order valence-corrected chi connectivity index (χ4v) is 1.05. The van der Waals surface area contributed by atoms with Crippen LogP contribution in [0.3, 0.4) is 0 Å². The van der Waals surface area contributed by atoms with Crippen molar-refractivity contribution in [3.05, 3.63) is 0 Å². The number of rotatable bonds is 4. The lowest BCUT2D eigenvalue weighted by atomic mass is 9.90. The maximum Gasteiger partial charge on any atom is 0.335 e. The largest absolute Gasteiger partial charge is 0.481 e. The molecule has 0 rings (SSSR count). The lowest BCUT2D eigenvalue weighted by molar-refractivity contribution is -0.163. The number of methoxy groups -OCH3 is 1. The van der Waals surface area contributed by atoms with E-state index in [9.17, 15) is 14.7 Å². The van der Waals surface area contributed by atoms with Crippen LogP contribution in [0.4, 0.5) is 0 Å². The zero-order valence-corrected chi connectivity index (χ0v) is 7.85. The third-order valence-electron chi connectivity index (χ3n) is 1.79. The first kappa shape index (κ1) is 11.9. The van der Waals surface area contributed by atoms with Gasteiger partial charge in [-0.15, -0.1) is 0 Å². The first-order valence-corrected chi connectivity index (χ1v) is 3.90. The Morgan fingerprint density at radius 3 is 2.00 bits per heavy atom. The van der Waals surface area contributed by atoms with Gasteiger partial charge in [0.25, 0.3) is 0 Å². The predicted molar refractivity (Wildman–Crippen MR) is 44.0 cm³/mol. The van der Waals surface area contributed by atoms with Crippen LogP contribution in [0, 0.1) is 11.8 Å². The van der Waals surface area contributed by atoms with Crippen molar-refractivity contribution in [2.75, 3.05) is 7.11 Å². The number of carbonyl (C=O) groups is 2. The zero-order chi connectivity index (χ0) is 10.6. The van der Waals surface area contributed by atoms with Crippen molar-refractivity contribution in [2.45, 2.75) is 20.0 Å². The van der Waals surface area contributed by atoms with E-state index in [4.69, 9.17) is 5.11 Å².